The van der Waals surface area contributed by atoms with Crippen molar-refractivity contribution in [2.24, 2.45) is 0 Å². The van der Waals surface area contributed by atoms with Crippen molar-refractivity contribution < 1.29 is 13.0 Å². The Kier molecular flexibility index (Phi) is 4.55. The first-order valence-electron chi connectivity index (χ1n) is 6.21. The van der Waals surface area contributed by atoms with Crippen LogP contribution >= 0.6 is 0 Å². The van der Waals surface area contributed by atoms with Crippen LogP contribution < -0.4 is 0 Å². The second kappa shape index (κ2) is 5.36. The fraction of sp³-hybridized carbons (Fsp3) is 0.692. The Bertz CT molecular complexity index is 432. The van der Waals surface area contributed by atoms with Gasteiger partial charge in [0.2, 0.25) is 0 Å². The van der Waals surface area contributed by atoms with Crippen LogP contribution in [0.25, 0.3) is 0 Å². The Hall–Kier alpha value is -0.610. The fourth-order valence-corrected chi connectivity index (χ4v) is 3.31. The molecule has 1 aliphatic carbocycles. The highest BCUT2D eigenvalue weighted by molar-refractivity contribution is 7.87. The van der Waals surface area contributed by atoms with Gasteiger partial charge in [-0.2, -0.15) is 8.42 Å². The van der Waals surface area contributed by atoms with E-state index < -0.39 is 14.9 Å². The molecule has 1 atom stereocenters. The molecule has 1 aliphatic rings. The van der Waals surface area contributed by atoms with Crippen molar-refractivity contribution in [1.82, 2.24) is 0 Å². The van der Waals surface area contributed by atoms with E-state index in [-0.39, 0.29) is 0 Å². The molecule has 0 spiro atoms. The summed E-state index contributed by atoms with van der Waals surface area (Å²) in [6.07, 6.45) is 7.01. The predicted molar refractivity (Wildman–Crippen MR) is 70.6 cm³/mol. The number of hydrogen-bond acceptors (Lipinski definition) is 2. The topological polar surface area (TPSA) is 54.4 Å². The minimum Gasteiger partial charge on any atom is -0.285 e. The Balaban J connectivity index is 3.10. The van der Waals surface area contributed by atoms with Gasteiger partial charge >= 0.3 is 0 Å². The smallest absolute Gasteiger partial charge is 0.274 e. The Morgan fingerprint density at radius 1 is 1.41 bits per heavy atom. The molecular weight excluding hydrogens is 236 g/mol. The Morgan fingerprint density at radius 2 is 2.06 bits per heavy atom. The molecular formula is C13H22O3S. The van der Waals surface area contributed by atoms with Gasteiger partial charge in [0.25, 0.3) is 10.1 Å². The number of allylic oxidation sites excluding steroid dienone is 3. The first kappa shape index (κ1) is 14.5. The van der Waals surface area contributed by atoms with Crippen molar-refractivity contribution in [3.8, 4) is 0 Å². The zero-order chi connectivity index (χ0) is 13.1. The molecule has 1 unspecified atom stereocenters. The van der Waals surface area contributed by atoms with Gasteiger partial charge in [0.15, 0.2) is 0 Å². The molecule has 0 aromatic carbocycles. The third-order valence-corrected chi connectivity index (χ3v) is 5.11. The van der Waals surface area contributed by atoms with E-state index >= 15 is 0 Å². The molecule has 0 aromatic rings. The average molecular weight is 258 g/mol. The van der Waals surface area contributed by atoms with E-state index in [1.807, 2.05) is 26.8 Å². The molecule has 1 rings (SSSR count). The molecule has 0 fully saturated rings. The van der Waals surface area contributed by atoms with Crippen molar-refractivity contribution >= 4 is 10.1 Å². The zero-order valence-corrected chi connectivity index (χ0v) is 11.7. The van der Waals surface area contributed by atoms with E-state index in [9.17, 15) is 13.0 Å². The summed E-state index contributed by atoms with van der Waals surface area (Å²) in [4.78, 5) is 0. The standard InChI is InChI=1S/C13H22O3S/c1-4-6-8-13(17(14,15)16)9-7-11(3)12(5-2)10-13/h7,9H,4-6,8,10H2,1-3H3,(H,14,15,16). The molecule has 0 bridgehead atoms. The van der Waals surface area contributed by atoms with Crippen LogP contribution in [0.1, 0.15) is 52.9 Å². The van der Waals surface area contributed by atoms with Crippen molar-refractivity contribution in [3.05, 3.63) is 23.3 Å². The maximum absolute atomic E-state index is 11.7. The lowest BCUT2D eigenvalue weighted by Gasteiger charge is -2.32. The van der Waals surface area contributed by atoms with Crippen LogP contribution in [0, 0.1) is 0 Å². The summed E-state index contributed by atoms with van der Waals surface area (Å²) in [7, 11) is -4.05. The third-order valence-electron chi connectivity index (χ3n) is 3.60. The van der Waals surface area contributed by atoms with Gasteiger partial charge in [-0.3, -0.25) is 4.55 Å². The summed E-state index contributed by atoms with van der Waals surface area (Å²) in [6, 6.07) is 0. The minimum atomic E-state index is -4.05. The van der Waals surface area contributed by atoms with E-state index in [1.165, 1.54) is 0 Å². The highest BCUT2D eigenvalue weighted by Crippen LogP contribution is 2.38. The molecule has 0 saturated heterocycles. The molecule has 1 N–H and O–H groups in total. The molecule has 0 heterocycles. The lowest BCUT2D eigenvalue weighted by molar-refractivity contribution is 0.425. The zero-order valence-electron chi connectivity index (χ0n) is 10.9. The van der Waals surface area contributed by atoms with Crippen LogP contribution in [0.5, 0.6) is 0 Å². The van der Waals surface area contributed by atoms with E-state index in [1.54, 1.807) is 6.08 Å². The number of rotatable bonds is 5. The van der Waals surface area contributed by atoms with Gasteiger partial charge in [-0.25, -0.2) is 0 Å². The lowest BCUT2D eigenvalue weighted by Crippen LogP contribution is -2.38. The lowest BCUT2D eigenvalue weighted by atomic mass is 9.85. The van der Waals surface area contributed by atoms with Gasteiger partial charge in [0.05, 0.1) is 0 Å². The van der Waals surface area contributed by atoms with Crippen LogP contribution in [0.4, 0.5) is 0 Å². The molecule has 0 aliphatic heterocycles. The van der Waals surface area contributed by atoms with Gasteiger partial charge < -0.3 is 0 Å². The second-order valence-corrected chi connectivity index (χ2v) is 6.56. The van der Waals surface area contributed by atoms with Gasteiger partial charge in [-0.15, -0.1) is 0 Å². The van der Waals surface area contributed by atoms with Gasteiger partial charge in [-0.1, -0.05) is 50.0 Å². The summed E-state index contributed by atoms with van der Waals surface area (Å²) >= 11 is 0. The quantitative estimate of drug-likeness (QED) is 0.768. The Labute approximate surface area is 104 Å². The molecule has 3 nitrogen and oxygen atoms in total. The van der Waals surface area contributed by atoms with Crippen molar-refractivity contribution in [3.63, 3.8) is 0 Å². The molecule has 0 amide bonds. The van der Waals surface area contributed by atoms with Crippen LogP contribution in [0.15, 0.2) is 23.3 Å². The molecule has 0 saturated carbocycles. The average Bonchev–Trinajstić information content (AvgIpc) is 2.26. The second-order valence-electron chi connectivity index (χ2n) is 4.79. The van der Waals surface area contributed by atoms with E-state index in [2.05, 4.69) is 0 Å². The normalized spacial score (nSPS) is 25.4. The van der Waals surface area contributed by atoms with Crippen LogP contribution in [0.3, 0.4) is 0 Å². The van der Waals surface area contributed by atoms with Crippen molar-refractivity contribution in [1.29, 1.82) is 0 Å². The van der Waals surface area contributed by atoms with Gasteiger partial charge in [0, 0.05) is 0 Å². The highest BCUT2D eigenvalue weighted by Gasteiger charge is 2.41. The summed E-state index contributed by atoms with van der Waals surface area (Å²) in [5.41, 5.74) is 2.25. The monoisotopic (exact) mass is 258 g/mol. The molecule has 17 heavy (non-hydrogen) atoms. The highest BCUT2D eigenvalue weighted by atomic mass is 32.2. The molecule has 98 valence electrons. The molecule has 0 radical (unpaired) electrons. The fourth-order valence-electron chi connectivity index (χ4n) is 2.31. The largest absolute Gasteiger partial charge is 0.285 e. The summed E-state index contributed by atoms with van der Waals surface area (Å²) < 4.78 is 31.8. The van der Waals surface area contributed by atoms with Crippen LogP contribution in [-0.4, -0.2) is 17.7 Å². The summed E-state index contributed by atoms with van der Waals surface area (Å²) in [5.74, 6) is 0. The van der Waals surface area contributed by atoms with E-state index in [4.69, 9.17) is 0 Å². The predicted octanol–water partition coefficient (Wildman–Crippen LogP) is 3.49. The van der Waals surface area contributed by atoms with Crippen LogP contribution in [0.2, 0.25) is 0 Å². The van der Waals surface area contributed by atoms with Crippen LogP contribution in [-0.2, 0) is 10.1 Å². The van der Waals surface area contributed by atoms with E-state index in [0.29, 0.717) is 12.8 Å². The maximum atomic E-state index is 11.7. The summed E-state index contributed by atoms with van der Waals surface area (Å²) in [6.45, 7) is 6.03. The van der Waals surface area contributed by atoms with E-state index in [0.717, 1.165) is 30.4 Å². The third kappa shape index (κ3) is 2.99. The molecule has 4 heteroatoms. The Morgan fingerprint density at radius 3 is 2.53 bits per heavy atom. The first-order chi connectivity index (χ1) is 7.86. The maximum Gasteiger partial charge on any atom is 0.274 e. The van der Waals surface area contributed by atoms with Gasteiger partial charge in [0.1, 0.15) is 4.75 Å². The van der Waals surface area contributed by atoms with Gasteiger partial charge in [-0.05, 0) is 26.2 Å². The first-order valence-corrected chi connectivity index (χ1v) is 7.65. The summed E-state index contributed by atoms with van der Waals surface area (Å²) in [5, 5.41) is 0. The SMILES string of the molecule is CCCCC1(S(=O)(=O)O)C=CC(C)=C(CC)C1. The number of hydrogen-bond donors (Lipinski definition) is 1. The number of unbranched alkanes of at least 4 members (excludes halogenated alkanes) is 1. The minimum absolute atomic E-state index is 0.435. The van der Waals surface area contributed by atoms with Crippen molar-refractivity contribution in [2.45, 2.75) is 57.6 Å². The van der Waals surface area contributed by atoms with Crippen molar-refractivity contribution in [2.75, 3.05) is 0 Å². The molecule has 0 aromatic heterocycles.